The molecule has 0 fully saturated rings. The summed E-state index contributed by atoms with van der Waals surface area (Å²) in [6.07, 6.45) is 0. The monoisotopic (exact) mass is 270 g/mol. The Kier molecular flexibility index (Phi) is 3.94. The Morgan fingerprint density at radius 3 is 2.00 bits per heavy atom. The predicted molar refractivity (Wildman–Crippen MR) is 68.4 cm³/mol. The highest BCUT2D eigenvalue weighted by atomic mass is 79.9. The van der Waals surface area contributed by atoms with Gasteiger partial charge >= 0.3 is 0 Å². The van der Waals surface area contributed by atoms with Crippen LogP contribution in [0.3, 0.4) is 0 Å². The van der Waals surface area contributed by atoms with Crippen molar-refractivity contribution >= 4 is 43.9 Å². The molecule has 0 atom stereocenters. The molecule has 3 heteroatoms. The van der Waals surface area contributed by atoms with E-state index in [-0.39, 0.29) is 17.6 Å². The van der Waals surface area contributed by atoms with Crippen molar-refractivity contribution in [3.8, 4) is 0 Å². The van der Waals surface area contributed by atoms with Crippen LogP contribution < -0.4 is 10.4 Å². The van der Waals surface area contributed by atoms with Crippen LogP contribution in [0, 0.1) is 0 Å². The second-order valence-electron chi connectivity index (χ2n) is 3.66. The van der Waals surface area contributed by atoms with Gasteiger partial charge in [-0.3, -0.25) is 17.6 Å². The van der Waals surface area contributed by atoms with E-state index in [4.69, 9.17) is 0 Å². The first kappa shape index (κ1) is 11.2. The van der Waals surface area contributed by atoms with Gasteiger partial charge in [-0.25, -0.2) is 10.4 Å². The zero-order valence-corrected chi connectivity index (χ0v) is 12.2. The molecule has 0 aliphatic rings. The van der Waals surface area contributed by atoms with Crippen LogP contribution >= 0.6 is 15.9 Å². The zero-order valence-electron chi connectivity index (χ0n) is 8.61. The minimum Gasteiger partial charge on any atom is -0.295 e. The van der Waals surface area contributed by atoms with Crippen LogP contribution in [-0.4, -0.2) is 17.6 Å². The van der Waals surface area contributed by atoms with Crippen molar-refractivity contribution in [2.45, 2.75) is 26.2 Å². The van der Waals surface area contributed by atoms with E-state index >= 15 is 0 Å². The average Bonchev–Trinajstić information content (AvgIpc) is 2.02. The van der Waals surface area contributed by atoms with Gasteiger partial charge in [0.2, 0.25) is 0 Å². The molecule has 0 saturated heterocycles. The average molecular weight is 271 g/mol. The number of halogens is 1. The molecule has 0 radical (unpaired) electrons. The van der Waals surface area contributed by atoms with Crippen molar-refractivity contribution in [3.05, 3.63) is 22.7 Å². The minimum atomic E-state index is -0.338. The first-order chi connectivity index (χ1) is 6.04. The van der Waals surface area contributed by atoms with Gasteiger partial charge in [-0.2, -0.15) is 26.2 Å². The lowest BCUT2D eigenvalue weighted by Gasteiger charge is -2.34. The standard InChI is InChI=1S/C10H15BrSi2/c1-12(2)9-7-5-6-8(11)10(9)13(3)4/h5-7H,1-4H3/q-2. The van der Waals surface area contributed by atoms with Crippen molar-refractivity contribution in [2.24, 2.45) is 0 Å². The van der Waals surface area contributed by atoms with Crippen molar-refractivity contribution in [1.29, 1.82) is 0 Å². The summed E-state index contributed by atoms with van der Waals surface area (Å²) in [5.41, 5.74) is 0. The SMILES string of the molecule is C[Si-](C)c1cccc(Br)c1[Si-](C)C. The van der Waals surface area contributed by atoms with E-state index in [1.54, 1.807) is 10.4 Å². The molecule has 0 aliphatic heterocycles. The van der Waals surface area contributed by atoms with Crippen LogP contribution in [0.1, 0.15) is 0 Å². The summed E-state index contributed by atoms with van der Waals surface area (Å²) in [6.45, 7) is 9.44. The van der Waals surface area contributed by atoms with Crippen LogP contribution in [0.15, 0.2) is 22.7 Å². The Labute approximate surface area is 92.7 Å². The topological polar surface area (TPSA) is 0 Å². The van der Waals surface area contributed by atoms with E-state index in [1.165, 1.54) is 4.47 Å². The van der Waals surface area contributed by atoms with E-state index < -0.39 is 0 Å². The van der Waals surface area contributed by atoms with E-state index in [9.17, 15) is 0 Å². The Morgan fingerprint density at radius 1 is 1.00 bits per heavy atom. The summed E-state index contributed by atoms with van der Waals surface area (Å²) < 4.78 is 1.31. The van der Waals surface area contributed by atoms with Crippen LogP contribution in [0.2, 0.25) is 26.2 Å². The van der Waals surface area contributed by atoms with Crippen LogP contribution in [0.25, 0.3) is 0 Å². The first-order valence-electron chi connectivity index (χ1n) is 4.43. The Hall–Kier alpha value is 0.134. The third-order valence-corrected chi connectivity index (χ3v) is 6.36. The van der Waals surface area contributed by atoms with Gasteiger partial charge in [0.25, 0.3) is 0 Å². The van der Waals surface area contributed by atoms with Gasteiger partial charge in [-0.1, -0.05) is 34.1 Å². The number of hydrogen-bond acceptors (Lipinski definition) is 0. The van der Waals surface area contributed by atoms with Crippen LogP contribution in [-0.2, 0) is 0 Å². The molecule has 72 valence electrons. The lowest BCUT2D eigenvalue weighted by Crippen LogP contribution is -2.44. The highest BCUT2D eigenvalue weighted by molar-refractivity contribution is 9.10. The van der Waals surface area contributed by atoms with Gasteiger partial charge in [0.15, 0.2) is 0 Å². The van der Waals surface area contributed by atoms with Gasteiger partial charge < -0.3 is 0 Å². The number of rotatable bonds is 2. The minimum absolute atomic E-state index is 0.313. The Balaban J connectivity index is 3.26. The normalized spacial score (nSPS) is 9.92. The van der Waals surface area contributed by atoms with Crippen LogP contribution in [0.4, 0.5) is 0 Å². The molecule has 0 amide bonds. The van der Waals surface area contributed by atoms with Gasteiger partial charge in [0.1, 0.15) is 0 Å². The molecule has 0 spiro atoms. The maximum atomic E-state index is 3.66. The molecule has 0 heterocycles. The number of hydrogen-bond donors (Lipinski definition) is 0. The van der Waals surface area contributed by atoms with Gasteiger partial charge in [0.05, 0.1) is 0 Å². The predicted octanol–water partition coefficient (Wildman–Crippen LogP) is 2.37. The highest BCUT2D eigenvalue weighted by Gasteiger charge is 1.96. The molecular weight excluding hydrogens is 256 g/mol. The second kappa shape index (κ2) is 4.57. The Morgan fingerprint density at radius 2 is 1.62 bits per heavy atom. The molecule has 0 unspecified atom stereocenters. The summed E-state index contributed by atoms with van der Waals surface area (Å²) >= 11 is 3.66. The molecule has 0 N–H and O–H groups in total. The molecule has 0 nitrogen and oxygen atoms in total. The number of benzene rings is 1. The smallest absolute Gasteiger partial charge is 0.0157 e. The fraction of sp³-hybridized carbons (Fsp3) is 0.400. The third kappa shape index (κ3) is 2.54. The third-order valence-electron chi connectivity index (χ3n) is 2.05. The molecule has 0 aliphatic carbocycles. The Bertz CT molecular complexity index is 295. The van der Waals surface area contributed by atoms with Crippen molar-refractivity contribution in [1.82, 2.24) is 0 Å². The van der Waals surface area contributed by atoms with Gasteiger partial charge in [-0.05, 0) is 4.47 Å². The summed E-state index contributed by atoms with van der Waals surface area (Å²) in [6, 6.07) is 6.62. The highest BCUT2D eigenvalue weighted by Crippen LogP contribution is 2.06. The van der Waals surface area contributed by atoms with E-state index in [0.29, 0.717) is 0 Å². The van der Waals surface area contributed by atoms with E-state index in [0.717, 1.165) is 0 Å². The van der Waals surface area contributed by atoms with Crippen molar-refractivity contribution < 1.29 is 0 Å². The first-order valence-corrected chi connectivity index (χ1v) is 10.2. The van der Waals surface area contributed by atoms with Gasteiger partial charge in [0, 0.05) is 0 Å². The van der Waals surface area contributed by atoms with Gasteiger partial charge in [-0.15, -0.1) is 0 Å². The van der Waals surface area contributed by atoms with Crippen molar-refractivity contribution in [2.75, 3.05) is 0 Å². The fourth-order valence-corrected chi connectivity index (χ4v) is 6.93. The summed E-state index contributed by atoms with van der Waals surface area (Å²) in [5, 5.41) is 3.21. The van der Waals surface area contributed by atoms with E-state index in [1.807, 2.05) is 0 Å². The molecule has 0 aromatic heterocycles. The lowest BCUT2D eigenvalue weighted by molar-refractivity contribution is 1.71. The summed E-state index contributed by atoms with van der Waals surface area (Å²) in [5.74, 6) is 0. The molecule has 1 aromatic rings. The molecule has 0 bridgehead atoms. The quantitative estimate of drug-likeness (QED) is 0.724. The maximum absolute atomic E-state index is 3.66. The zero-order chi connectivity index (χ0) is 10.0. The molecular formula is C10H15BrSi2-2. The van der Waals surface area contributed by atoms with Crippen LogP contribution in [0.5, 0.6) is 0 Å². The molecule has 1 aromatic carbocycles. The largest absolute Gasteiger partial charge is 0.295 e. The summed E-state index contributed by atoms with van der Waals surface area (Å²) in [4.78, 5) is 0. The summed E-state index contributed by atoms with van der Waals surface area (Å²) in [7, 11) is -0.651. The molecule has 13 heavy (non-hydrogen) atoms. The maximum Gasteiger partial charge on any atom is -0.0157 e. The van der Waals surface area contributed by atoms with Crippen molar-refractivity contribution in [3.63, 3.8) is 0 Å². The molecule has 1 rings (SSSR count). The second-order valence-corrected chi connectivity index (χ2v) is 9.56. The molecule has 0 saturated carbocycles. The fourth-order valence-electron chi connectivity index (χ4n) is 1.45. The van der Waals surface area contributed by atoms with E-state index in [2.05, 4.69) is 60.3 Å². The lowest BCUT2D eigenvalue weighted by atomic mass is 10.4.